The molecule has 168 valence electrons. The van der Waals surface area contributed by atoms with Crippen molar-refractivity contribution in [3.05, 3.63) is 60.2 Å². The number of Topliss-reactive ketones (excluding diaryl/α,β-unsaturated/α-hetero) is 1. The van der Waals surface area contributed by atoms with Crippen LogP contribution in [0, 0.1) is 5.92 Å². The molecule has 0 spiro atoms. The van der Waals surface area contributed by atoms with Gasteiger partial charge in [0.05, 0.1) is 30.6 Å². The Morgan fingerprint density at radius 3 is 2.50 bits per heavy atom. The van der Waals surface area contributed by atoms with Crippen molar-refractivity contribution in [3.63, 3.8) is 0 Å². The van der Waals surface area contributed by atoms with Gasteiger partial charge in [-0.1, -0.05) is 43.2 Å². The fraction of sp³-hybridized carbons (Fsp3) is 0.538. The van der Waals surface area contributed by atoms with Gasteiger partial charge in [-0.05, 0) is 18.4 Å². The lowest BCUT2D eigenvalue weighted by Gasteiger charge is -2.52. The van der Waals surface area contributed by atoms with Gasteiger partial charge in [-0.25, -0.2) is 0 Å². The van der Waals surface area contributed by atoms with E-state index in [1.54, 1.807) is 18.6 Å². The topological polar surface area (TPSA) is 69.2 Å². The third-order valence-corrected chi connectivity index (χ3v) is 7.98. The number of piperidine rings is 3. The third kappa shape index (κ3) is 4.08. The highest BCUT2D eigenvalue weighted by molar-refractivity contribution is 5.84. The molecule has 6 rings (SSSR count). The van der Waals surface area contributed by atoms with Crippen molar-refractivity contribution in [3.8, 4) is 0 Å². The predicted octanol–water partition coefficient (Wildman–Crippen LogP) is 3.25. The molecule has 2 aromatic rings. The van der Waals surface area contributed by atoms with E-state index >= 15 is 0 Å². The van der Waals surface area contributed by atoms with Gasteiger partial charge in [-0.3, -0.25) is 19.6 Å². The molecular weight excluding hydrogens is 402 g/mol. The average molecular weight is 435 g/mol. The lowest BCUT2D eigenvalue weighted by molar-refractivity contribution is -0.939. The quantitative estimate of drug-likeness (QED) is 0.494. The maximum Gasteiger partial charge on any atom is 0.317 e. The summed E-state index contributed by atoms with van der Waals surface area (Å²) in [5.74, 6) is 0.555. The Hall–Kier alpha value is -2.60. The second kappa shape index (κ2) is 8.74. The van der Waals surface area contributed by atoms with Crippen LogP contribution in [0.2, 0.25) is 0 Å². The second-order valence-electron chi connectivity index (χ2n) is 9.98. The molecule has 1 aliphatic carbocycles. The highest BCUT2D eigenvalue weighted by Crippen LogP contribution is 2.44. The standard InChI is InChI=1S/C26H32N3O3/c30-23(16-22-17-27-12-13-28-22)18-29-14-8-20(9-15-29)24(19-29)32-25(31)26(10-4-5-11-26)21-6-2-1-3-7-21/h1-3,6-7,12-13,17,20,24H,4-5,8-11,14-16,18-19H2/q+1/t20?,24-,29?/m0/s1. The molecule has 6 nitrogen and oxygen atoms in total. The molecule has 0 N–H and O–H groups in total. The predicted molar refractivity (Wildman–Crippen MR) is 120 cm³/mol. The van der Waals surface area contributed by atoms with Crippen molar-refractivity contribution in [2.45, 2.75) is 56.5 Å². The Kier molecular flexibility index (Phi) is 5.80. The van der Waals surface area contributed by atoms with Crippen LogP contribution in [0.1, 0.15) is 49.8 Å². The van der Waals surface area contributed by atoms with E-state index in [1.807, 2.05) is 18.2 Å². The number of nitrogens with zero attached hydrogens (tertiary/aromatic N) is 3. The van der Waals surface area contributed by atoms with Crippen molar-refractivity contribution >= 4 is 11.8 Å². The van der Waals surface area contributed by atoms with E-state index in [2.05, 4.69) is 22.1 Å². The fourth-order valence-corrected chi connectivity index (χ4v) is 6.23. The molecule has 4 fully saturated rings. The SMILES string of the molecule is O=C(Cc1cnccn1)C[N+]12CCC(CC1)[C@@H](OC(=O)C1(c3ccccc3)CCCC1)C2. The van der Waals surface area contributed by atoms with Crippen molar-refractivity contribution < 1.29 is 18.8 Å². The Labute approximate surface area is 189 Å². The van der Waals surface area contributed by atoms with E-state index in [4.69, 9.17) is 4.74 Å². The summed E-state index contributed by atoms with van der Waals surface area (Å²) in [4.78, 5) is 34.7. The molecule has 1 aromatic carbocycles. The van der Waals surface area contributed by atoms with E-state index in [-0.39, 0.29) is 17.9 Å². The minimum absolute atomic E-state index is 0.0519. The zero-order chi connectivity index (χ0) is 22.0. The number of rotatable bonds is 7. The molecule has 0 amide bonds. The zero-order valence-electron chi connectivity index (χ0n) is 18.6. The summed E-state index contributed by atoms with van der Waals surface area (Å²) in [6, 6.07) is 10.2. The number of carbonyl (C=O) groups excluding carboxylic acids is 2. The van der Waals surface area contributed by atoms with E-state index in [9.17, 15) is 9.59 Å². The van der Waals surface area contributed by atoms with Crippen molar-refractivity contribution in [1.29, 1.82) is 0 Å². The molecule has 32 heavy (non-hydrogen) atoms. The highest BCUT2D eigenvalue weighted by atomic mass is 16.5. The molecule has 0 radical (unpaired) electrons. The largest absolute Gasteiger partial charge is 0.455 e. The molecule has 1 saturated carbocycles. The summed E-state index contributed by atoms with van der Waals surface area (Å²) in [6.07, 6.45) is 11.0. The van der Waals surface area contributed by atoms with Crippen molar-refractivity contribution in [2.24, 2.45) is 5.92 Å². The van der Waals surface area contributed by atoms with Gasteiger partial charge in [-0.15, -0.1) is 0 Å². The molecule has 1 atom stereocenters. The van der Waals surface area contributed by atoms with E-state index in [0.29, 0.717) is 18.9 Å². The fourth-order valence-electron chi connectivity index (χ4n) is 6.23. The van der Waals surface area contributed by atoms with Crippen LogP contribution in [-0.2, 0) is 26.2 Å². The average Bonchev–Trinajstić information content (AvgIpc) is 3.32. The normalized spacial score (nSPS) is 28.4. The van der Waals surface area contributed by atoms with Gasteiger partial charge in [0.2, 0.25) is 0 Å². The lowest BCUT2D eigenvalue weighted by Crippen LogP contribution is -2.66. The van der Waals surface area contributed by atoms with Crippen LogP contribution in [0.4, 0.5) is 0 Å². The molecule has 2 bridgehead atoms. The van der Waals surface area contributed by atoms with E-state index < -0.39 is 5.41 Å². The first kappa shape index (κ1) is 21.3. The number of esters is 1. The van der Waals surface area contributed by atoms with Crippen molar-refractivity contribution in [1.82, 2.24) is 9.97 Å². The summed E-state index contributed by atoms with van der Waals surface area (Å²) in [7, 11) is 0. The number of ketones is 1. The molecule has 6 heteroatoms. The monoisotopic (exact) mass is 434 g/mol. The first-order valence-electron chi connectivity index (χ1n) is 12.0. The van der Waals surface area contributed by atoms with Crippen LogP contribution in [0.3, 0.4) is 0 Å². The molecule has 4 heterocycles. The van der Waals surface area contributed by atoms with Crippen LogP contribution < -0.4 is 0 Å². The summed E-state index contributed by atoms with van der Waals surface area (Å²) in [6.45, 7) is 3.23. The number of fused-ring (bicyclic) bond motifs is 3. The Balaban J connectivity index is 1.28. The molecular formula is C26H32N3O3+. The summed E-state index contributed by atoms with van der Waals surface area (Å²) in [5.41, 5.74) is 1.31. The van der Waals surface area contributed by atoms with Gasteiger partial charge in [-0.2, -0.15) is 0 Å². The lowest BCUT2D eigenvalue weighted by atomic mass is 9.78. The zero-order valence-corrected chi connectivity index (χ0v) is 18.6. The minimum Gasteiger partial charge on any atom is -0.455 e. The maximum atomic E-state index is 13.6. The highest BCUT2D eigenvalue weighted by Gasteiger charge is 2.51. The minimum atomic E-state index is -0.500. The van der Waals surface area contributed by atoms with E-state index in [1.165, 1.54) is 0 Å². The summed E-state index contributed by atoms with van der Waals surface area (Å²) in [5, 5.41) is 0. The smallest absolute Gasteiger partial charge is 0.317 e. The Morgan fingerprint density at radius 1 is 1.06 bits per heavy atom. The maximum absolute atomic E-state index is 13.6. The molecule has 4 aliphatic rings. The molecule has 3 aliphatic heterocycles. The van der Waals surface area contributed by atoms with Crippen LogP contribution >= 0.6 is 0 Å². The summed E-state index contributed by atoms with van der Waals surface area (Å²) < 4.78 is 7.05. The number of ether oxygens (including phenoxy) is 1. The number of hydrogen-bond acceptors (Lipinski definition) is 5. The van der Waals surface area contributed by atoms with Gasteiger partial charge >= 0.3 is 5.97 Å². The Morgan fingerprint density at radius 2 is 1.81 bits per heavy atom. The van der Waals surface area contributed by atoms with Gasteiger partial charge in [0.15, 0.2) is 11.9 Å². The van der Waals surface area contributed by atoms with Gasteiger partial charge < -0.3 is 9.22 Å². The van der Waals surface area contributed by atoms with Crippen LogP contribution in [0.5, 0.6) is 0 Å². The van der Waals surface area contributed by atoms with Gasteiger partial charge in [0.1, 0.15) is 13.1 Å². The summed E-state index contributed by atoms with van der Waals surface area (Å²) >= 11 is 0. The van der Waals surface area contributed by atoms with Crippen molar-refractivity contribution in [2.75, 3.05) is 26.2 Å². The Bertz CT molecular complexity index is 949. The number of hydrogen-bond donors (Lipinski definition) is 0. The number of carbonyl (C=O) groups is 2. The molecule has 3 saturated heterocycles. The number of benzene rings is 1. The van der Waals surface area contributed by atoms with Gasteiger partial charge in [0, 0.05) is 37.4 Å². The van der Waals surface area contributed by atoms with Gasteiger partial charge in [0.25, 0.3) is 0 Å². The first-order valence-corrected chi connectivity index (χ1v) is 12.0. The number of aromatic nitrogens is 2. The van der Waals surface area contributed by atoms with Crippen LogP contribution in [-0.4, -0.2) is 58.5 Å². The van der Waals surface area contributed by atoms with Crippen LogP contribution in [0.25, 0.3) is 0 Å². The van der Waals surface area contributed by atoms with Crippen LogP contribution in [0.15, 0.2) is 48.9 Å². The first-order chi connectivity index (χ1) is 15.6. The third-order valence-electron chi connectivity index (χ3n) is 7.98. The number of quaternary nitrogens is 1. The second-order valence-corrected chi connectivity index (χ2v) is 9.98. The molecule has 0 unspecified atom stereocenters. The van der Waals surface area contributed by atoms with E-state index in [0.717, 1.165) is 73.9 Å². The molecule has 1 aromatic heterocycles.